The molecule has 0 saturated carbocycles. The molecule has 126 valence electrons. The molecule has 0 heterocycles. The van der Waals surface area contributed by atoms with Crippen molar-refractivity contribution in [1.82, 2.24) is 0 Å². The van der Waals surface area contributed by atoms with E-state index < -0.39 is 18.0 Å². The minimum atomic E-state index is -1.11. The van der Waals surface area contributed by atoms with Crippen molar-refractivity contribution >= 4 is 43.8 Å². The zero-order valence-corrected chi connectivity index (χ0v) is 15.6. The molecule has 0 aliphatic carbocycles. The Bertz CT molecular complexity index is 671. The maximum absolute atomic E-state index is 11.9. The van der Waals surface area contributed by atoms with E-state index in [-0.39, 0.29) is 13.2 Å². The highest BCUT2D eigenvalue weighted by atomic mass is 79.9. The van der Waals surface area contributed by atoms with Gasteiger partial charge in [0.2, 0.25) is 0 Å². The first-order chi connectivity index (χ1) is 11.5. The van der Waals surface area contributed by atoms with Gasteiger partial charge < -0.3 is 14.6 Å². The van der Waals surface area contributed by atoms with Gasteiger partial charge >= 0.3 is 11.9 Å². The lowest BCUT2D eigenvalue weighted by Crippen LogP contribution is -2.25. The molecule has 0 aromatic heterocycles. The van der Waals surface area contributed by atoms with Crippen LogP contribution in [0.15, 0.2) is 57.5 Å². The van der Waals surface area contributed by atoms with Crippen molar-refractivity contribution in [1.29, 1.82) is 0 Å². The number of ether oxygens (including phenoxy) is 2. The molecule has 0 aliphatic rings. The average Bonchev–Trinajstić information content (AvgIpc) is 2.58. The molecule has 0 bridgehead atoms. The van der Waals surface area contributed by atoms with Gasteiger partial charge in [-0.05, 0) is 56.1 Å². The molecule has 0 atom stereocenters. The van der Waals surface area contributed by atoms with Crippen molar-refractivity contribution in [2.75, 3.05) is 13.2 Å². The summed E-state index contributed by atoms with van der Waals surface area (Å²) >= 11 is 6.50. The van der Waals surface area contributed by atoms with Crippen LogP contribution in [0.3, 0.4) is 0 Å². The summed E-state index contributed by atoms with van der Waals surface area (Å²) in [5.41, 5.74) is 0.713. The fraction of sp³-hybridized carbons (Fsp3) is 0.176. The number of esters is 2. The summed E-state index contributed by atoms with van der Waals surface area (Å²) in [6, 6.07) is 13.6. The molecule has 0 amide bonds. The number of rotatable bonds is 6. The second kappa shape index (κ2) is 8.96. The number of carbonyl (C=O) groups excluding carboxylic acids is 2. The third-order valence-electron chi connectivity index (χ3n) is 3.00. The van der Waals surface area contributed by atoms with Crippen LogP contribution >= 0.6 is 31.9 Å². The van der Waals surface area contributed by atoms with Crippen LogP contribution < -0.4 is 0 Å². The molecule has 0 unspecified atom stereocenters. The van der Waals surface area contributed by atoms with Gasteiger partial charge in [0.1, 0.15) is 19.3 Å². The molecule has 5 nitrogen and oxygen atoms in total. The predicted octanol–water partition coefficient (Wildman–Crippen LogP) is 3.59. The molecule has 2 rings (SSSR count). The van der Waals surface area contributed by atoms with Crippen molar-refractivity contribution < 1.29 is 24.2 Å². The Balaban J connectivity index is 1.80. The smallest absolute Gasteiger partial charge is 0.339 e. The number of aliphatic hydroxyl groups excluding tert-OH is 1. The first-order valence-electron chi connectivity index (χ1n) is 7.00. The Morgan fingerprint density at radius 3 is 1.58 bits per heavy atom. The van der Waals surface area contributed by atoms with Crippen LogP contribution in [0, 0.1) is 0 Å². The Kier molecular flexibility index (Phi) is 6.96. The largest absolute Gasteiger partial charge is 0.459 e. The molecule has 0 aliphatic heterocycles. The minimum absolute atomic E-state index is 0.274. The van der Waals surface area contributed by atoms with E-state index >= 15 is 0 Å². The van der Waals surface area contributed by atoms with E-state index in [1.807, 2.05) is 0 Å². The number of hydrogen-bond acceptors (Lipinski definition) is 5. The van der Waals surface area contributed by atoms with Crippen molar-refractivity contribution in [3.05, 3.63) is 68.6 Å². The molecule has 2 aromatic carbocycles. The Labute approximate surface area is 155 Å². The van der Waals surface area contributed by atoms with E-state index in [4.69, 9.17) is 9.47 Å². The summed E-state index contributed by atoms with van der Waals surface area (Å²) in [6.07, 6.45) is -1.11. The van der Waals surface area contributed by atoms with Crippen LogP contribution in [0.4, 0.5) is 0 Å². The second-order valence-corrected chi connectivity index (χ2v) is 6.52. The van der Waals surface area contributed by atoms with Crippen molar-refractivity contribution in [3.8, 4) is 0 Å². The van der Waals surface area contributed by atoms with Gasteiger partial charge in [-0.2, -0.15) is 0 Å². The highest BCUT2D eigenvalue weighted by molar-refractivity contribution is 9.10. The third kappa shape index (κ3) is 5.15. The molecular weight excluding hydrogens is 444 g/mol. The predicted molar refractivity (Wildman–Crippen MR) is 94.9 cm³/mol. The number of halogens is 2. The SMILES string of the molecule is O=C(OCC(O)COC(=O)c1ccccc1Br)c1ccccc1Br. The summed E-state index contributed by atoms with van der Waals surface area (Å²) in [6.45, 7) is -0.549. The van der Waals surface area contributed by atoms with E-state index in [2.05, 4.69) is 31.9 Å². The maximum atomic E-state index is 11.9. The normalized spacial score (nSPS) is 10.5. The summed E-state index contributed by atoms with van der Waals surface area (Å²) in [7, 11) is 0. The fourth-order valence-electron chi connectivity index (χ4n) is 1.80. The lowest BCUT2D eigenvalue weighted by molar-refractivity contribution is -0.00477. The summed E-state index contributed by atoms with van der Waals surface area (Å²) in [5.74, 6) is -1.14. The van der Waals surface area contributed by atoms with Crippen LogP contribution in [0.2, 0.25) is 0 Å². The molecule has 0 radical (unpaired) electrons. The lowest BCUT2D eigenvalue weighted by Gasteiger charge is -2.13. The molecule has 0 spiro atoms. The first kappa shape index (κ1) is 18.6. The monoisotopic (exact) mass is 456 g/mol. The number of hydrogen-bond donors (Lipinski definition) is 1. The van der Waals surface area contributed by atoms with E-state index in [9.17, 15) is 14.7 Å². The van der Waals surface area contributed by atoms with E-state index in [1.54, 1.807) is 48.5 Å². The van der Waals surface area contributed by atoms with Gasteiger partial charge in [-0.1, -0.05) is 24.3 Å². The van der Waals surface area contributed by atoms with Crippen LogP contribution in [0.5, 0.6) is 0 Å². The van der Waals surface area contributed by atoms with Crippen molar-refractivity contribution in [3.63, 3.8) is 0 Å². The van der Waals surface area contributed by atoms with E-state index in [0.29, 0.717) is 20.1 Å². The standard InChI is InChI=1S/C17H14Br2O5/c18-14-7-3-1-5-12(14)16(21)23-9-11(20)10-24-17(22)13-6-2-4-8-15(13)19/h1-8,11,20H,9-10H2. The van der Waals surface area contributed by atoms with Crippen LogP contribution in [0.25, 0.3) is 0 Å². The zero-order chi connectivity index (χ0) is 17.5. The highest BCUT2D eigenvalue weighted by Crippen LogP contribution is 2.18. The number of aliphatic hydroxyl groups is 1. The Hall–Kier alpha value is -1.70. The Morgan fingerprint density at radius 1 is 0.833 bits per heavy atom. The van der Waals surface area contributed by atoms with Crippen LogP contribution in [0.1, 0.15) is 20.7 Å². The van der Waals surface area contributed by atoms with Gasteiger partial charge in [-0.25, -0.2) is 9.59 Å². The van der Waals surface area contributed by atoms with Crippen molar-refractivity contribution in [2.45, 2.75) is 6.10 Å². The van der Waals surface area contributed by atoms with Crippen LogP contribution in [-0.4, -0.2) is 36.4 Å². The highest BCUT2D eigenvalue weighted by Gasteiger charge is 2.16. The quantitative estimate of drug-likeness (QED) is 0.671. The average molecular weight is 458 g/mol. The van der Waals surface area contributed by atoms with Gasteiger partial charge in [0.25, 0.3) is 0 Å². The number of benzene rings is 2. The molecule has 0 fully saturated rings. The molecule has 24 heavy (non-hydrogen) atoms. The van der Waals surface area contributed by atoms with Gasteiger partial charge in [0.15, 0.2) is 0 Å². The number of carbonyl (C=O) groups is 2. The van der Waals surface area contributed by atoms with Gasteiger partial charge in [0.05, 0.1) is 11.1 Å². The van der Waals surface area contributed by atoms with Crippen LogP contribution in [-0.2, 0) is 9.47 Å². The summed E-state index contributed by atoms with van der Waals surface area (Å²) < 4.78 is 11.2. The summed E-state index contributed by atoms with van der Waals surface area (Å²) in [5, 5.41) is 9.80. The molecule has 7 heteroatoms. The molecule has 2 aromatic rings. The molecular formula is C17H14Br2O5. The van der Waals surface area contributed by atoms with E-state index in [1.165, 1.54) is 0 Å². The third-order valence-corrected chi connectivity index (χ3v) is 4.38. The second-order valence-electron chi connectivity index (χ2n) is 4.81. The van der Waals surface area contributed by atoms with Crippen molar-refractivity contribution in [2.24, 2.45) is 0 Å². The maximum Gasteiger partial charge on any atom is 0.339 e. The topological polar surface area (TPSA) is 72.8 Å². The van der Waals surface area contributed by atoms with E-state index in [0.717, 1.165) is 0 Å². The van der Waals surface area contributed by atoms with Gasteiger partial charge in [-0.15, -0.1) is 0 Å². The fourth-order valence-corrected chi connectivity index (χ4v) is 2.69. The Morgan fingerprint density at radius 2 is 1.21 bits per heavy atom. The lowest BCUT2D eigenvalue weighted by atomic mass is 10.2. The van der Waals surface area contributed by atoms with Gasteiger partial charge in [-0.3, -0.25) is 0 Å². The van der Waals surface area contributed by atoms with Gasteiger partial charge in [0, 0.05) is 8.95 Å². The zero-order valence-electron chi connectivity index (χ0n) is 12.4. The molecule has 0 saturated heterocycles. The summed E-state index contributed by atoms with van der Waals surface area (Å²) in [4.78, 5) is 23.8. The first-order valence-corrected chi connectivity index (χ1v) is 8.59. The minimum Gasteiger partial charge on any atom is -0.459 e. The molecule has 1 N–H and O–H groups in total.